The molecule has 226 valence electrons. The summed E-state index contributed by atoms with van der Waals surface area (Å²) in [5.41, 5.74) is -0.0288. The molecule has 2 aliphatic heterocycles. The number of unbranched alkanes of at least 4 members (excludes halogenated alkanes) is 11. The molecule has 0 saturated carbocycles. The Morgan fingerprint density at radius 1 is 0.897 bits per heavy atom. The summed E-state index contributed by atoms with van der Waals surface area (Å²) in [6.07, 6.45) is 7.87. The highest BCUT2D eigenvalue weighted by atomic mass is 16.7. The van der Waals surface area contributed by atoms with Crippen molar-refractivity contribution < 1.29 is 44.6 Å². The van der Waals surface area contributed by atoms with E-state index >= 15 is 0 Å². The molecular formula is C29H51NO9. The van der Waals surface area contributed by atoms with Gasteiger partial charge >= 0.3 is 0 Å². The summed E-state index contributed by atoms with van der Waals surface area (Å²) in [7, 11) is 1.62. The van der Waals surface area contributed by atoms with Crippen LogP contribution in [-0.4, -0.2) is 99.0 Å². The number of likely N-dealkylation sites (N-methyl/N-ethyl adjacent to an activating group) is 1. The third-order valence-corrected chi connectivity index (χ3v) is 8.12. The minimum atomic E-state index is -1.41. The van der Waals surface area contributed by atoms with Crippen molar-refractivity contribution in [1.82, 2.24) is 4.90 Å². The normalized spacial score (nSPS) is 28.4. The van der Waals surface area contributed by atoms with E-state index in [4.69, 9.17) is 9.47 Å². The van der Waals surface area contributed by atoms with Crippen molar-refractivity contribution in [3.05, 3.63) is 11.5 Å². The molecule has 39 heavy (non-hydrogen) atoms. The highest BCUT2D eigenvalue weighted by Gasteiger charge is 2.44. The maximum Gasteiger partial charge on any atom is 0.202 e. The van der Waals surface area contributed by atoms with E-state index < -0.39 is 43.4 Å². The van der Waals surface area contributed by atoms with Crippen molar-refractivity contribution in [3.63, 3.8) is 0 Å². The molecule has 2 aliphatic rings. The lowest BCUT2D eigenvalue weighted by Gasteiger charge is -2.39. The lowest BCUT2D eigenvalue weighted by molar-refractivity contribution is -0.301. The van der Waals surface area contributed by atoms with Crippen LogP contribution in [0.2, 0.25) is 0 Å². The Kier molecular flexibility index (Phi) is 14.9. The van der Waals surface area contributed by atoms with Crippen LogP contribution in [0.1, 0.15) is 97.3 Å². The van der Waals surface area contributed by atoms with E-state index in [2.05, 4.69) is 0 Å². The monoisotopic (exact) mass is 557 g/mol. The summed E-state index contributed by atoms with van der Waals surface area (Å²) < 4.78 is 10.8. The van der Waals surface area contributed by atoms with E-state index in [0.29, 0.717) is 6.61 Å². The van der Waals surface area contributed by atoms with Crippen LogP contribution in [0.25, 0.3) is 0 Å². The first-order valence-corrected chi connectivity index (χ1v) is 14.8. The summed E-state index contributed by atoms with van der Waals surface area (Å²) in [6, 6.07) is -0.483. The molecule has 1 saturated heterocycles. The van der Waals surface area contributed by atoms with Gasteiger partial charge in [-0.2, -0.15) is 0 Å². The van der Waals surface area contributed by atoms with Gasteiger partial charge in [-0.25, -0.2) is 0 Å². The predicted octanol–water partition coefficient (Wildman–Crippen LogP) is 2.75. The lowest BCUT2D eigenvalue weighted by atomic mass is 9.91. The topological polar surface area (TPSA) is 157 Å². The number of rotatable bonds is 19. The Hall–Kier alpha value is -1.56. The molecular weight excluding hydrogens is 506 g/mol. The molecule has 2 heterocycles. The first kappa shape index (κ1) is 33.6. The fraction of sp³-hybridized carbons (Fsp3) is 0.862. The van der Waals surface area contributed by atoms with Crippen molar-refractivity contribution >= 4 is 11.6 Å². The number of hydrogen-bond acceptors (Lipinski definition) is 10. The van der Waals surface area contributed by atoms with Crippen LogP contribution < -0.4 is 0 Å². The largest absolute Gasteiger partial charge is 0.494 e. The maximum absolute atomic E-state index is 12.6. The molecule has 0 aromatic rings. The van der Waals surface area contributed by atoms with Crippen molar-refractivity contribution in [1.29, 1.82) is 0 Å². The summed E-state index contributed by atoms with van der Waals surface area (Å²) in [5.74, 6) is -0.975. The van der Waals surface area contributed by atoms with Crippen LogP contribution in [-0.2, 0) is 19.1 Å². The fourth-order valence-electron chi connectivity index (χ4n) is 5.19. The van der Waals surface area contributed by atoms with Gasteiger partial charge in [0.05, 0.1) is 12.6 Å². The second kappa shape index (κ2) is 17.3. The van der Waals surface area contributed by atoms with Crippen LogP contribution in [0.4, 0.5) is 0 Å². The molecule has 0 aliphatic carbocycles. The molecule has 2 rings (SSSR count). The van der Waals surface area contributed by atoms with Gasteiger partial charge in [-0.15, -0.1) is 0 Å². The van der Waals surface area contributed by atoms with Crippen LogP contribution in [0.15, 0.2) is 11.5 Å². The fourth-order valence-corrected chi connectivity index (χ4v) is 5.19. The number of aliphatic hydroxyl groups is 5. The van der Waals surface area contributed by atoms with E-state index in [-0.39, 0.29) is 28.9 Å². The number of nitrogens with zero attached hydrogens (tertiary/aromatic N) is 1. The number of carbonyl (C=O) groups excluding carboxylic acids is 2. The standard InChI is InChI=1S/C29H51NO9/c1-19(23(32)22-24(33)20(2)30(3)28(22)37)16-14-12-10-8-6-4-5-7-9-11-13-15-17-38-29-27(36)26(35)25(34)21(18-31)39-29/h19-21,25-27,29,31,34-37H,4-18H2,1-3H3/t19?,20?,21-,25-,26+,27+,29-/m1/s1. The first-order valence-electron chi connectivity index (χ1n) is 14.8. The van der Waals surface area contributed by atoms with Crippen LogP contribution >= 0.6 is 0 Å². The molecule has 0 aromatic carbocycles. The van der Waals surface area contributed by atoms with Gasteiger partial charge in [-0.05, 0) is 19.8 Å². The minimum absolute atomic E-state index is 0.0288. The first-order chi connectivity index (χ1) is 18.6. The highest BCUT2D eigenvalue weighted by Crippen LogP contribution is 2.27. The summed E-state index contributed by atoms with van der Waals surface area (Å²) in [5, 5.41) is 48.9. The van der Waals surface area contributed by atoms with Crippen molar-refractivity contribution in [2.24, 2.45) is 5.92 Å². The minimum Gasteiger partial charge on any atom is -0.494 e. The Morgan fingerprint density at radius 2 is 1.41 bits per heavy atom. The molecule has 10 heteroatoms. The lowest BCUT2D eigenvalue weighted by Crippen LogP contribution is -2.59. The number of Topliss-reactive ketones (excluding diaryl/α,β-unsaturated/α-hetero) is 2. The molecule has 1 fully saturated rings. The third-order valence-electron chi connectivity index (χ3n) is 8.12. The Morgan fingerprint density at radius 3 is 1.90 bits per heavy atom. The predicted molar refractivity (Wildman–Crippen MR) is 146 cm³/mol. The number of carbonyl (C=O) groups is 2. The molecule has 0 amide bonds. The summed E-state index contributed by atoms with van der Waals surface area (Å²) in [6.45, 7) is 3.45. The van der Waals surface area contributed by atoms with Crippen LogP contribution in [0, 0.1) is 5.92 Å². The molecule has 5 N–H and O–H groups in total. The quantitative estimate of drug-likeness (QED) is 0.118. The molecule has 0 radical (unpaired) electrons. The van der Waals surface area contributed by atoms with Crippen LogP contribution in [0.3, 0.4) is 0 Å². The summed E-state index contributed by atoms with van der Waals surface area (Å²) >= 11 is 0. The van der Waals surface area contributed by atoms with Gasteiger partial charge in [0.25, 0.3) is 0 Å². The van der Waals surface area contributed by atoms with Gasteiger partial charge in [0, 0.05) is 19.6 Å². The molecule has 0 aromatic heterocycles. The zero-order valence-corrected chi connectivity index (χ0v) is 24.0. The van der Waals surface area contributed by atoms with Gasteiger partial charge in [-0.1, -0.05) is 77.6 Å². The summed E-state index contributed by atoms with van der Waals surface area (Å²) in [4.78, 5) is 26.3. The second-order valence-corrected chi connectivity index (χ2v) is 11.2. The number of ketones is 2. The van der Waals surface area contributed by atoms with Crippen molar-refractivity contribution in [2.45, 2.75) is 134 Å². The zero-order chi connectivity index (χ0) is 28.9. The zero-order valence-electron chi connectivity index (χ0n) is 24.0. The van der Waals surface area contributed by atoms with Gasteiger partial charge in [0.2, 0.25) is 5.88 Å². The SMILES string of the molecule is CC(CCCCCCCCCCCCCCO[C@@H]1O[C@H](CO)[C@@H](O)[C@H](O)[C@@H]1O)C(=O)C1=C(O)N(C)C(C)C1=O. The Balaban J connectivity index is 1.40. The van der Waals surface area contributed by atoms with Gasteiger partial charge in [0.1, 0.15) is 30.0 Å². The van der Waals surface area contributed by atoms with E-state index in [1.54, 1.807) is 14.0 Å². The van der Waals surface area contributed by atoms with Gasteiger partial charge in [-0.3, -0.25) is 9.59 Å². The Labute approximate surface area is 233 Å². The van der Waals surface area contributed by atoms with E-state index in [0.717, 1.165) is 51.4 Å². The maximum atomic E-state index is 12.6. The Bertz CT molecular complexity index is 787. The van der Waals surface area contributed by atoms with Gasteiger partial charge in [0.15, 0.2) is 17.9 Å². The van der Waals surface area contributed by atoms with E-state index in [1.165, 1.54) is 37.0 Å². The second-order valence-electron chi connectivity index (χ2n) is 11.2. The average molecular weight is 558 g/mol. The van der Waals surface area contributed by atoms with Crippen LogP contribution in [0.5, 0.6) is 0 Å². The smallest absolute Gasteiger partial charge is 0.202 e. The molecule has 7 atom stereocenters. The van der Waals surface area contributed by atoms with Gasteiger partial charge < -0.3 is 39.9 Å². The number of hydrogen-bond donors (Lipinski definition) is 5. The van der Waals surface area contributed by atoms with Crippen molar-refractivity contribution in [2.75, 3.05) is 20.3 Å². The molecule has 0 bridgehead atoms. The highest BCUT2D eigenvalue weighted by molar-refractivity contribution is 6.24. The van der Waals surface area contributed by atoms with E-state index in [9.17, 15) is 35.1 Å². The third kappa shape index (κ3) is 9.79. The number of aliphatic hydroxyl groups excluding tert-OH is 5. The molecule has 2 unspecified atom stereocenters. The molecule has 0 spiro atoms. The average Bonchev–Trinajstić information content (AvgIpc) is 3.12. The molecule has 10 nitrogen and oxygen atoms in total. The number of ether oxygens (including phenoxy) is 2. The van der Waals surface area contributed by atoms with E-state index in [1.807, 2.05) is 6.92 Å². The van der Waals surface area contributed by atoms with Crippen molar-refractivity contribution in [3.8, 4) is 0 Å².